The number of fused-ring (bicyclic) bond motifs is 2. The van der Waals surface area contributed by atoms with E-state index in [1.165, 1.54) is 18.6 Å². The van der Waals surface area contributed by atoms with Crippen molar-refractivity contribution in [3.8, 4) is 0 Å². The molecule has 0 spiro atoms. The molecule has 1 N–H and O–H groups in total. The predicted octanol–water partition coefficient (Wildman–Crippen LogP) is 5.64. The van der Waals surface area contributed by atoms with Crippen molar-refractivity contribution in [2.45, 2.75) is 40.0 Å². The van der Waals surface area contributed by atoms with Gasteiger partial charge in [0.25, 0.3) is 0 Å². The molecule has 1 aliphatic heterocycles. The molecule has 0 amide bonds. The zero-order valence-corrected chi connectivity index (χ0v) is 16.7. The van der Waals surface area contributed by atoms with Crippen molar-refractivity contribution in [3.63, 3.8) is 0 Å². The third-order valence-electron chi connectivity index (χ3n) is 6.45. The number of amidine groups is 1. The second-order valence-electron chi connectivity index (χ2n) is 7.71. The number of thioether (sulfide) groups is 1. The lowest BCUT2D eigenvalue weighted by Gasteiger charge is -2.34. The van der Waals surface area contributed by atoms with Crippen LogP contribution in [0.15, 0.2) is 44.2 Å². The van der Waals surface area contributed by atoms with Crippen LogP contribution in [0, 0.1) is 16.7 Å². The van der Waals surface area contributed by atoms with Gasteiger partial charge < -0.3 is 0 Å². The Morgan fingerprint density at radius 1 is 1.25 bits per heavy atom. The fraction of sp³-hybridized carbons (Fsp3) is 0.474. The molecule has 3 aliphatic rings. The standard InChI is InChI=1S/C19H22BrN3S/c1-18(2)13-8-9-19(18,3)16(10-13)21-17-23-22-15(11-24-17)12-4-6-14(20)7-5-12/h4-7,11,13,22H,8-10H2,1-3H3/t13-,19-/m0/s1. The highest BCUT2D eigenvalue weighted by Crippen LogP contribution is 2.64. The van der Waals surface area contributed by atoms with Crippen LogP contribution in [0.1, 0.15) is 45.6 Å². The van der Waals surface area contributed by atoms with Gasteiger partial charge in [-0.3, -0.25) is 5.43 Å². The van der Waals surface area contributed by atoms with Gasteiger partial charge in [-0.15, -0.1) is 5.10 Å². The van der Waals surface area contributed by atoms with Gasteiger partial charge in [0.1, 0.15) is 0 Å². The summed E-state index contributed by atoms with van der Waals surface area (Å²) in [5.74, 6) is 0.775. The summed E-state index contributed by atoms with van der Waals surface area (Å²) in [4.78, 5) is 4.94. The molecule has 2 fully saturated rings. The average Bonchev–Trinajstić information content (AvgIpc) is 2.90. The number of hydrazone groups is 1. The van der Waals surface area contributed by atoms with Gasteiger partial charge in [-0.05, 0) is 42.7 Å². The first-order valence-electron chi connectivity index (χ1n) is 8.45. The van der Waals surface area contributed by atoms with Crippen LogP contribution < -0.4 is 5.43 Å². The van der Waals surface area contributed by atoms with Crippen molar-refractivity contribution in [3.05, 3.63) is 39.7 Å². The van der Waals surface area contributed by atoms with Crippen molar-refractivity contribution in [2.75, 3.05) is 0 Å². The van der Waals surface area contributed by atoms with Crippen molar-refractivity contribution in [2.24, 2.45) is 26.8 Å². The molecule has 1 aromatic carbocycles. The molecule has 0 saturated heterocycles. The van der Waals surface area contributed by atoms with E-state index in [1.807, 2.05) is 12.1 Å². The molecule has 126 valence electrons. The maximum atomic E-state index is 4.94. The summed E-state index contributed by atoms with van der Waals surface area (Å²) in [5.41, 5.74) is 7.26. The normalized spacial score (nSPS) is 32.5. The molecule has 1 aromatic rings. The Morgan fingerprint density at radius 2 is 2.00 bits per heavy atom. The Kier molecular flexibility index (Phi) is 3.92. The predicted molar refractivity (Wildman–Crippen MR) is 107 cm³/mol. The number of halogens is 1. The Morgan fingerprint density at radius 3 is 2.54 bits per heavy atom. The van der Waals surface area contributed by atoms with E-state index in [1.54, 1.807) is 11.8 Å². The van der Waals surface area contributed by atoms with Gasteiger partial charge in [-0.2, -0.15) is 0 Å². The van der Waals surface area contributed by atoms with E-state index in [0.29, 0.717) is 5.41 Å². The highest BCUT2D eigenvalue weighted by Gasteiger charge is 2.59. The van der Waals surface area contributed by atoms with Crippen molar-refractivity contribution < 1.29 is 0 Å². The summed E-state index contributed by atoms with van der Waals surface area (Å²) >= 11 is 5.08. The number of hydrogen-bond acceptors (Lipinski definition) is 4. The van der Waals surface area contributed by atoms with E-state index >= 15 is 0 Å². The molecular weight excluding hydrogens is 382 g/mol. The molecular formula is C19H22BrN3S. The first-order valence-corrected chi connectivity index (χ1v) is 10.1. The lowest BCUT2D eigenvalue weighted by molar-refractivity contribution is 0.194. The minimum absolute atomic E-state index is 0.233. The highest BCUT2D eigenvalue weighted by molar-refractivity contribution is 9.10. The van der Waals surface area contributed by atoms with Crippen LogP contribution in [0.2, 0.25) is 0 Å². The van der Waals surface area contributed by atoms with E-state index in [-0.39, 0.29) is 5.41 Å². The number of hydrogen-bond donors (Lipinski definition) is 1. The molecule has 2 atom stereocenters. The van der Waals surface area contributed by atoms with Gasteiger partial charge in [0.15, 0.2) is 0 Å². The first-order chi connectivity index (χ1) is 11.4. The monoisotopic (exact) mass is 403 g/mol. The quantitative estimate of drug-likeness (QED) is 0.658. The van der Waals surface area contributed by atoms with Crippen LogP contribution in [-0.4, -0.2) is 10.9 Å². The zero-order chi connectivity index (χ0) is 16.9. The smallest absolute Gasteiger partial charge is 0.210 e. The average molecular weight is 404 g/mol. The topological polar surface area (TPSA) is 36.8 Å². The van der Waals surface area contributed by atoms with Crippen molar-refractivity contribution in [1.29, 1.82) is 0 Å². The fourth-order valence-electron chi connectivity index (χ4n) is 4.30. The maximum absolute atomic E-state index is 4.94. The first kappa shape index (κ1) is 16.4. The van der Waals surface area contributed by atoms with Crippen molar-refractivity contribution >= 4 is 44.3 Å². The minimum Gasteiger partial charge on any atom is -0.275 e. The number of nitrogens with one attached hydrogen (secondary N) is 1. The minimum atomic E-state index is 0.233. The Bertz CT molecular complexity index is 763. The molecule has 0 aromatic heterocycles. The van der Waals surface area contributed by atoms with Crippen LogP contribution in [0.5, 0.6) is 0 Å². The van der Waals surface area contributed by atoms with Crippen LogP contribution in [-0.2, 0) is 0 Å². The number of aliphatic imine (C=N–C) groups is 1. The molecule has 0 radical (unpaired) electrons. The van der Waals surface area contributed by atoms with E-state index in [2.05, 4.69) is 64.8 Å². The van der Waals surface area contributed by atoms with Gasteiger partial charge in [0, 0.05) is 26.6 Å². The van der Waals surface area contributed by atoms with Gasteiger partial charge in [-0.1, -0.05) is 60.6 Å². The van der Waals surface area contributed by atoms with Gasteiger partial charge in [-0.25, -0.2) is 4.99 Å². The summed E-state index contributed by atoms with van der Waals surface area (Å²) in [6.07, 6.45) is 3.73. The van der Waals surface area contributed by atoms with Gasteiger partial charge >= 0.3 is 0 Å². The molecule has 1 heterocycles. The maximum Gasteiger partial charge on any atom is 0.210 e. The zero-order valence-electron chi connectivity index (χ0n) is 14.3. The largest absolute Gasteiger partial charge is 0.275 e. The second kappa shape index (κ2) is 5.73. The molecule has 5 heteroatoms. The van der Waals surface area contributed by atoms with Gasteiger partial charge in [0.2, 0.25) is 5.17 Å². The van der Waals surface area contributed by atoms with Crippen LogP contribution in [0.4, 0.5) is 0 Å². The summed E-state index contributed by atoms with van der Waals surface area (Å²) in [5, 5.41) is 7.43. The molecule has 2 bridgehead atoms. The van der Waals surface area contributed by atoms with E-state index < -0.39 is 0 Å². The summed E-state index contributed by atoms with van der Waals surface area (Å²) < 4.78 is 1.08. The lowest BCUT2D eigenvalue weighted by atomic mass is 9.70. The second-order valence-corrected chi connectivity index (χ2v) is 9.47. The third-order valence-corrected chi connectivity index (χ3v) is 7.73. The lowest BCUT2D eigenvalue weighted by Crippen LogP contribution is -2.33. The molecule has 0 unspecified atom stereocenters. The van der Waals surface area contributed by atoms with E-state index in [4.69, 9.17) is 4.99 Å². The molecule has 2 aliphatic carbocycles. The molecule has 2 saturated carbocycles. The Labute approximate surface area is 156 Å². The fourth-order valence-corrected chi connectivity index (χ4v) is 5.24. The molecule has 4 rings (SSSR count). The number of nitrogens with zero attached hydrogens (tertiary/aromatic N) is 2. The SMILES string of the molecule is CC1(C)[C@H]2CC[C@@]1(C)C(=NC1=NNC(c3ccc(Br)cc3)=CS1)C2. The summed E-state index contributed by atoms with van der Waals surface area (Å²) in [6.45, 7) is 7.21. The van der Waals surface area contributed by atoms with Crippen LogP contribution in [0.3, 0.4) is 0 Å². The summed E-state index contributed by atoms with van der Waals surface area (Å²) in [6, 6.07) is 8.24. The molecule has 3 nitrogen and oxygen atoms in total. The highest BCUT2D eigenvalue weighted by atomic mass is 79.9. The van der Waals surface area contributed by atoms with E-state index in [9.17, 15) is 0 Å². The molecule has 24 heavy (non-hydrogen) atoms. The van der Waals surface area contributed by atoms with Crippen LogP contribution >= 0.6 is 27.7 Å². The third kappa shape index (κ3) is 2.48. The van der Waals surface area contributed by atoms with Crippen LogP contribution in [0.25, 0.3) is 5.70 Å². The van der Waals surface area contributed by atoms with Gasteiger partial charge in [0.05, 0.1) is 5.70 Å². The Hall–Kier alpha value is -1.07. The van der Waals surface area contributed by atoms with E-state index in [0.717, 1.165) is 33.2 Å². The number of rotatable bonds is 1. The summed E-state index contributed by atoms with van der Waals surface area (Å²) in [7, 11) is 0. The number of benzene rings is 1. The van der Waals surface area contributed by atoms with Crippen molar-refractivity contribution in [1.82, 2.24) is 5.43 Å². The Balaban J connectivity index is 1.52.